The third-order valence-corrected chi connectivity index (χ3v) is 3.59. The quantitative estimate of drug-likeness (QED) is 0.793. The summed E-state index contributed by atoms with van der Waals surface area (Å²) in [6, 6.07) is 10.5. The van der Waals surface area contributed by atoms with Crippen LogP contribution in [-0.2, 0) is 16.1 Å². The highest BCUT2D eigenvalue weighted by Gasteiger charge is 2.16. The largest absolute Gasteiger partial charge is 0.468 e. The lowest BCUT2D eigenvalue weighted by Crippen LogP contribution is -2.35. The number of aryl methyl sites for hydroxylation is 1. The van der Waals surface area contributed by atoms with Gasteiger partial charge in [0.05, 0.1) is 19.2 Å². The van der Waals surface area contributed by atoms with Gasteiger partial charge in [-0.15, -0.1) is 0 Å². The second kappa shape index (κ2) is 6.68. The number of methoxy groups -OCH3 is 1. The number of carbonyl (C=O) groups excluding carboxylic acids is 1. The average Bonchev–Trinajstić information content (AvgIpc) is 2.45. The molecule has 21 heavy (non-hydrogen) atoms. The number of pyridine rings is 1. The average molecular weight is 286 g/mol. The van der Waals surface area contributed by atoms with Crippen LogP contribution in [0, 0.1) is 6.92 Å². The summed E-state index contributed by atoms with van der Waals surface area (Å²) in [4.78, 5) is 18.2. The van der Waals surface area contributed by atoms with Gasteiger partial charge in [-0.1, -0.05) is 18.2 Å². The number of para-hydroxylation sites is 1. The lowest BCUT2D eigenvalue weighted by Gasteiger charge is -2.25. The Morgan fingerprint density at radius 2 is 2.05 bits per heavy atom. The second-order valence-corrected chi connectivity index (χ2v) is 5.51. The van der Waals surface area contributed by atoms with Gasteiger partial charge in [-0.3, -0.25) is 14.7 Å². The van der Waals surface area contributed by atoms with Crippen LogP contribution in [0.5, 0.6) is 0 Å². The molecular weight excluding hydrogens is 264 g/mol. The van der Waals surface area contributed by atoms with Gasteiger partial charge in [0.15, 0.2) is 0 Å². The van der Waals surface area contributed by atoms with Gasteiger partial charge in [0.2, 0.25) is 0 Å². The van der Waals surface area contributed by atoms with Gasteiger partial charge in [0, 0.05) is 23.7 Å². The van der Waals surface area contributed by atoms with Crippen LogP contribution in [0.2, 0.25) is 0 Å². The fraction of sp³-hybridized carbons (Fsp3) is 0.412. The molecule has 0 atom stereocenters. The van der Waals surface area contributed by atoms with E-state index in [0.29, 0.717) is 13.1 Å². The fourth-order valence-corrected chi connectivity index (χ4v) is 2.40. The molecule has 4 nitrogen and oxygen atoms in total. The van der Waals surface area contributed by atoms with Gasteiger partial charge in [0.25, 0.3) is 0 Å². The number of rotatable bonds is 5. The van der Waals surface area contributed by atoms with Gasteiger partial charge >= 0.3 is 5.97 Å². The molecule has 0 aliphatic rings. The Balaban J connectivity index is 2.34. The lowest BCUT2D eigenvalue weighted by atomic mass is 10.1. The van der Waals surface area contributed by atoms with E-state index < -0.39 is 0 Å². The van der Waals surface area contributed by atoms with Crippen molar-refractivity contribution in [1.82, 2.24) is 9.88 Å². The van der Waals surface area contributed by atoms with Crippen LogP contribution in [0.1, 0.15) is 25.1 Å². The molecule has 0 unspecified atom stereocenters. The molecule has 0 aliphatic carbocycles. The maximum Gasteiger partial charge on any atom is 0.319 e. The standard InChI is InChI=1S/C17H22N2O2/c1-12(2)19(11-17(20)21-4)10-14-9-13(3)18-16-8-6-5-7-15(14)16/h5-9,12H,10-11H2,1-4H3. The van der Waals surface area contributed by atoms with Gasteiger partial charge in [-0.2, -0.15) is 0 Å². The first-order valence-corrected chi connectivity index (χ1v) is 7.17. The van der Waals surface area contributed by atoms with Crippen molar-refractivity contribution in [2.45, 2.75) is 33.4 Å². The van der Waals surface area contributed by atoms with Crippen molar-refractivity contribution >= 4 is 16.9 Å². The second-order valence-electron chi connectivity index (χ2n) is 5.51. The molecule has 1 aromatic heterocycles. The SMILES string of the molecule is COC(=O)CN(Cc1cc(C)nc2ccccc12)C(C)C. The number of carbonyl (C=O) groups is 1. The van der Waals surface area contributed by atoms with Crippen molar-refractivity contribution in [3.63, 3.8) is 0 Å². The minimum atomic E-state index is -0.209. The maximum atomic E-state index is 11.6. The highest BCUT2D eigenvalue weighted by molar-refractivity contribution is 5.82. The van der Waals surface area contributed by atoms with E-state index in [1.165, 1.54) is 12.7 Å². The summed E-state index contributed by atoms with van der Waals surface area (Å²) in [6.45, 7) is 7.16. The van der Waals surface area contributed by atoms with E-state index in [1.807, 2.05) is 25.1 Å². The Labute approximate surface area is 125 Å². The van der Waals surface area contributed by atoms with E-state index in [2.05, 4.69) is 35.9 Å². The number of hydrogen-bond acceptors (Lipinski definition) is 4. The number of fused-ring (bicyclic) bond motifs is 1. The van der Waals surface area contributed by atoms with Gasteiger partial charge < -0.3 is 4.74 Å². The van der Waals surface area contributed by atoms with Crippen LogP contribution < -0.4 is 0 Å². The van der Waals surface area contributed by atoms with E-state index in [4.69, 9.17) is 4.74 Å². The number of esters is 1. The third-order valence-electron chi connectivity index (χ3n) is 3.59. The Hall–Kier alpha value is -1.94. The molecule has 0 bridgehead atoms. The van der Waals surface area contributed by atoms with E-state index in [9.17, 15) is 4.79 Å². The molecule has 2 aromatic rings. The Kier molecular flexibility index (Phi) is 4.91. The van der Waals surface area contributed by atoms with E-state index in [1.54, 1.807) is 0 Å². The maximum absolute atomic E-state index is 11.6. The summed E-state index contributed by atoms with van der Waals surface area (Å²) in [5, 5.41) is 1.14. The summed E-state index contributed by atoms with van der Waals surface area (Å²) in [7, 11) is 1.42. The van der Waals surface area contributed by atoms with Gasteiger partial charge in [0.1, 0.15) is 0 Å². The molecular formula is C17H22N2O2. The van der Waals surface area contributed by atoms with Crippen LogP contribution in [0.15, 0.2) is 30.3 Å². The predicted molar refractivity (Wildman–Crippen MR) is 84.0 cm³/mol. The Morgan fingerprint density at radius 1 is 1.33 bits per heavy atom. The predicted octanol–water partition coefficient (Wildman–Crippen LogP) is 2.93. The smallest absolute Gasteiger partial charge is 0.319 e. The van der Waals surface area contributed by atoms with Crippen LogP contribution in [0.4, 0.5) is 0 Å². The molecule has 0 saturated carbocycles. The summed E-state index contributed by atoms with van der Waals surface area (Å²) < 4.78 is 4.79. The van der Waals surface area contributed by atoms with Crippen molar-refractivity contribution in [3.8, 4) is 0 Å². The minimum absolute atomic E-state index is 0.209. The first-order chi connectivity index (χ1) is 10.0. The van der Waals surface area contributed by atoms with Crippen molar-refractivity contribution in [2.24, 2.45) is 0 Å². The van der Waals surface area contributed by atoms with Crippen LogP contribution >= 0.6 is 0 Å². The number of nitrogens with zero attached hydrogens (tertiary/aromatic N) is 2. The molecule has 112 valence electrons. The Bertz CT molecular complexity index is 638. The minimum Gasteiger partial charge on any atom is -0.468 e. The molecule has 0 radical (unpaired) electrons. The molecule has 1 heterocycles. The normalized spacial score (nSPS) is 11.3. The molecule has 1 aromatic carbocycles. The van der Waals surface area contributed by atoms with E-state index in [-0.39, 0.29) is 12.0 Å². The van der Waals surface area contributed by atoms with Crippen LogP contribution in [0.3, 0.4) is 0 Å². The molecule has 0 saturated heterocycles. The summed E-state index contributed by atoms with van der Waals surface area (Å²) in [5.41, 5.74) is 3.18. The molecule has 0 fully saturated rings. The number of ether oxygens (including phenoxy) is 1. The van der Waals surface area contributed by atoms with E-state index >= 15 is 0 Å². The highest BCUT2D eigenvalue weighted by Crippen LogP contribution is 2.20. The zero-order chi connectivity index (χ0) is 15.4. The van der Waals surface area contributed by atoms with Gasteiger partial charge in [-0.25, -0.2) is 0 Å². The highest BCUT2D eigenvalue weighted by atomic mass is 16.5. The topological polar surface area (TPSA) is 42.4 Å². The summed E-state index contributed by atoms with van der Waals surface area (Å²) in [5.74, 6) is -0.209. The van der Waals surface area contributed by atoms with E-state index in [0.717, 1.165) is 16.6 Å². The monoisotopic (exact) mass is 286 g/mol. The molecule has 0 spiro atoms. The van der Waals surface area contributed by atoms with Gasteiger partial charge in [-0.05, 0) is 38.5 Å². The first kappa shape index (κ1) is 15.4. The zero-order valence-corrected chi connectivity index (χ0v) is 13.1. The zero-order valence-electron chi connectivity index (χ0n) is 13.1. The van der Waals surface area contributed by atoms with Crippen LogP contribution in [-0.4, -0.2) is 35.5 Å². The van der Waals surface area contributed by atoms with Crippen molar-refractivity contribution < 1.29 is 9.53 Å². The first-order valence-electron chi connectivity index (χ1n) is 7.17. The Morgan fingerprint density at radius 3 is 2.71 bits per heavy atom. The number of hydrogen-bond donors (Lipinski definition) is 0. The number of aromatic nitrogens is 1. The summed E-state index contributed by atoms with van der Waals surface area (Å²) in [6.07, 6.45) is 0. The van der Waals surface area contributed by atoms with Crippen molar-refractivity contribution in [1.29, 1.82) is 0 Å². The molecule has 0 N–H and O–H groups in total. The molecule has 0 amide bonds. The molecule has 0 aliphatic heterocycles. The van der Waals surface area contributed by atoms with Crippen molar-refractivity contribution in [2.75, 3.05) is 13.7 Å². The molecule has 2 rings (SSSR count). The van der Waals surface area contributed by atoms with Crippen LogP contribution in [0.25, 0.3) is 10.9 Å². The van der Waals surface area contributed by atoms with Crippen molar-refractivity contribution in [3.05, 3.63) is 41.6 Å². The molecule has 4 heteroatoms. The third kappa shape index (κ3) is 3.79. The lowest BCUT2D eigenvalue weighted by molar-refractivity contribution is -0.142. The summed E-state index contributed by atoms with van der Waals surface area (Å²) >= 11 is 0. The fourth-order valence-electron chi connectivity index (χ4n) is 2.40. The number of benzene rings is 1.